The number of sulfonamides is 1. The van der Waals surface area contributed by atoms with Gasteiger partial charge in [0.05, 0.1) is 17.7 Å². The Kier molecular flexibility index (Phi) is 4.04. The predicted octanol–water partition coefficient (Wildman–Crippen LogP) is 1.39. The predicted molar refractivity (Wildman–Crippen MR) is 71.8 cm³/mol. The maximum Gasteiger partial charge on any atom is 0.343 e. The van der Waals surface area contributed by atoms with E-state index in [1.54, 1.807) is 25.1 Å². The third kappa shape index (κ3) is 2.97. The van der Waals surface area contributed by atoms with Crippen LogP contribution in [0.25, 0.3) is 0 Å². The second kappa shape index (κ2) is 5.74. The first kappa shape index (κ1) is 14.1. The van der Waals surface area contributed by atoms with Crippen LogP contribution in [0.5, 0.6) is 0 Å². The maximum absolute atomic E-state index is 12.1. The fourth-order valence-corrected chi connectivity index (χ4v) is 2.58. The summed E-state index contributed by atoms with van der Waals surface area (Å²) in [5.41, 5.74) is 0.0337. The zero-order valence-electron chi connectivity index (χ0n) is 10.7. The van der Waals surface area contributed by atoms with Crippen LogP contribution < -0.4 is 4.72 Å². The Labute approximate surface area is 116 Å². The summed E-state index contributed by atoms with van der Waals surface area (Å²) in [5, 5.41) is 6.08. The molecule has 0 aliphatic carbocycles. The molecule has 0 saturated heterocycles. The fraction of sp³-hybridized carbons (Fsp3) is 0.167. The van der Waals surface area contributed by atoms with Gasteiger partial charge in [-0.2, -0.15) is 5.10 Å². The van der Waals surface area contributed by atoms with Gasteiger partial charge in [-0.1, -0.05) is 18.2 Å². The molecule has 0 bridgehead atoms. The Morgan fingerprint density at radius 1 is 1.35 bits per heavy atom. The van der Waals surface area contributed by atoms with Gasteiger partial charge in [-0.25, -0.2) is 13.2 Å². The van der Waals surface area contributed by atoms with Crippen molar-refractivity contribution in [2.75, 3.05) is 11.3 Å². The highest BCUT2D eigenvalue weighted by atomic mass is 32.2. The number of carbonyl (C=O) groups excluding carboxylic acids is 1. The molecule has 1 heterocycles. The van der Waals surface area contributed by atoms with E-state index >= 15 is 0 Å². The van der Waals surface area contributed by atoms with Crippen LogP contribution >= 0.6 is 0 Å². The third-order valence-electron chi connectivity index (χ3n) is 2.42. The second-order valence-corrected chi connectivity index (χ2v) is 5.48. The number of ether oxygens (including phenoxy) is 1. The highest BCUT2D eigenvalue weighted by Crippen LogP contribution is 2.18. The normalized spacial score (nSPS) is 11.1. The molecule has 0 atom stereocenters. The standard InChI is InChI=1S/C12H13N3O4S/c1-2-19-12(16)10-8-13-14-11(10)15-20(17,18)9-6-4-3-5-7-9/h3-8H,2H2,1H3,(H2,13,14,15). The van der Waals surface area contributed by atoms with Crippen LogP contribution in [0.15, 0.2) is 41.4 Å². The second-order valence-electron chi connectivity index (χ2n) is 3.80. The minimum absolute atomic E-state index is 0.0210. The number of hydrogen-bond acceptors (Lipinski definition) is 5. The minimum Gasteiger partial charge on any atom is -0.462 e. The van der Waals surface area contributed by atoms with E-state index < -0.39 is 16.0 Å². The molecule has 0 spiro atoms. The lowest BCUT2D eigenvalue weighted by molar-refractivity contribution is 0.0527. The van der Waals surface area contributed by atoms with Crippen LogP contribution in [0.4, 0.5) is 5.82 Å². The molecule has 2 aromatic rings. The lowest BCUT2D eigenvalue weighted by Gasteiger charge is -2.07. The zero-order valence-corrected chi connectivity index (χ0v) is 11.5. The molecule has 7 nitrogen and oxygen atoms in total. The van der Waals surface area contributed by atoms with E-state index in [1.165, 1.54) is 18.3 Å². The molecule has 0 amide bonds. The van der Waals surface area contributed by atoms with Gasteiger partial charge in [0.25, 0.3) is 10.0 Å². The number of nitrogens with zero attached hydrogens (tertiary/aromatic N) is 1. The third-order valence-corrected chi connectivity index (χ3v) is 3.79. The van der Waals surface area contributed by atoms with Gasteiger partial charge in [-0.15, -0.1) is 0 Å². The van der Waals surface area contributed by atoms with E-state index in [4.69, 9.17) is 4.74 Å². The summed E-state index contributed by atoms with van der Waals surface area (Å²) in [6.45, 7) is 1.85. The molecule has 1 aromatic carbocycles. The molecule has 0 saturated carbocycles. The number of H-pyrrole nitrogens is 1. The van der Waals surface area contributed by atoms with Crippen LogP contribution in [0.2, 0.25) is 0 Å². The number of aromatic nitrogens is 2. The molecule has 0 aliphatic rings. The summed E-state index contributed by atoms with van der Waals surface area (Å²) < 4.78 is 31.3. The summed E-state index contributed by atoms with van der Waals surface area (Å²) in [7, 11) is -3.78. The molecule has 20 heavy (non-hydrogen) atoms. The summed E-state index contributed by atoms with van der Waals surface area (Å²) in [5.74, 6) is -0.667. The number of benzene rings is 1. The number of nitrogens with one attached hydrogen (secondary N) is 2. The van der Waals surface area contributed by atoms with Crippen molar-refractivity contribution in [3.63, 3.8) is 0 Å². The largest absolute Gasteiger partial charge is 0.462 e. The maximum atomic E-state index is 12.1. The molecule has 0 fully saturated rings. The quantitative estimate of drug-likeness (QED) is 0.812. The van der Waals surface area contributed by atoms with Crippen molar-refractivity contribution in [3.8, 4) is 0 Å². The summed E-state index contributed by atoms with van der Waals surface area (Å²) >= 11 is 0. The van der Waals surface area contributed by atoms with Crippen molar-refractivity contribution in [3.05, 3.63) is 42.1 Å². The Morgan fingerprint density at radius 2 is 2.05 bits per heavy atom. The van der Waals surface area contributed by atoms with Crippen molar-refractivity contribution in [1.29, 1.82) is 0 Å². The van der Waals surface area contributed by atoms with Gasteiger partial charge < -0.3 is 4.74 Å². The van der Waals surface area contributed by atoms with E-state index in [9.17, 15) is 13.2 Å². The number of anilines is 1. The minimum atomic E-state index is -3.78. The van der Waals surface area contributed by atoms with Gasteiger partial charge in [0.2, 0.25) is 0 Å². The van der Waals surface area contributed by atoms with Crippen LogP contribution in [0.1, 0.15) is 17.3 Å². The fourth-order valence-electron chi connectivity index (χ4n) is 1.52. The van der Waals surface area contributed by atoms with Crippen LogP contribution in [-0.2, 0) is 14.8 Å². The summed E-state index contributed by atoms with van der Waals surface area (Å²) in [4.78, 5) is 11.7. The average molecular weight is 295 g/mol. The Balaban J connectivity index is 2.27. The van der Waals surface area contributed by atoms with Crippen LogP contribution in [0.3, 0.4) is 0 Å². The molecule has 8 heteroatoms. The number of esters is 1. The van der Waals surface area contributed by atoms with Gasteiger partial charge >= 0.3 is 5.97 Å². The first-order chi connectivity index (χ1) is 9.54. The SMILES string of the molecule is CCOC(=O)c1cn[nH]c1NS(=O)(=O)c1ccccc1. The Bertz CT molecular complexity index is 695. The van der Waals surface area contributed by atoms with E-state index in [-0.39, 0.29) is 22.9 Å². The van der Waals surface area contributed by atoms with Gasteiger partial charge in [-0.3, -0.25) is 9.82 Å². The zero-order chi connectivity index (χ0) is 14.6. The van der Waals surface area contributed by atoms with Crippen molar-refractivity contribution >= 4 is 21.8 Å². The summed E-state index contributed by atoms with van der Waals surface area (Å²) in [6.07, 6.45) is 1.21. The van der Waals surface area contributed by atoms with Gasteiger partial charge in [0, 0.05) is 0 Å². The molecular formula is C12H13N3O4S. The molecule has 0 unspecified atom stereocenters. The lowest BCUT2D eigenvalue weighted by atomic mass is 10.3. The van der Waals surface area contributed by atoms with Gasteiger partial charge in [0.1, 0.15) is 11.4 Å². The molecule has 2 rings (SSSR count). The van der Waals surface area contributed by atoms with E-state index in [1.807, 2.05) is 0 Å². The topological polar surface area (TPSA) is 101 Å². The van der Waals surface area contributed by atoms with Crippen LogP contribution in [0, 0.1) is 0 Å². The highest BCUT2D eigenvalue weighted by Gasteiger charge is 2.20. The molecule has 1 aromatic heterocycles. The number of hydrogen-bond donors (Lipinski definition) is 2. The molecule has 2 N–H and O–H groups in total. The van der Waals surface area contributed by atoms with E-state index in [0.29, 0.717) is 0 Å². The van der Waals surface area contributed by atoms with E-state index in [0.717, 1.165) is 0 Å². The first-order valence-corrected chi connectivity index (χ1v) is 7.31. The smallest absolute Gasteiger partial charge is 0.343 e. The number of aromatic amines is 1. The molecule has 0 aliphatic heterocycles. The Hall–Kier alpha value is -2.35. The van der Waals surface area contributed by atoms with E-state index in [2.05, 4.69) is 14.9 Å². The molecule has 0 radical (unpaired) electrons. The van der Waals surface area contributed by atoms with Crippen molar-refractivity contribution < 1.29 is 17.9 Å². The van der Waals surface area contributed by atoms with Crippen molar-refractivity contribution in [1.82, 2.24) is 10.2 Å². The number of rotatable bonds is 5. The molecular weight excluding hydrogens is 282 g/mol. The van der Waals surface area contributed by atoms with Gasteiger partial charge in [-0.05, 0) is 19.1 Å². The highest BCUT2D eigenvalue weighted by molar-refractivity contribution is 7.92. The monoisotopic (exact) mass is 295 g/mol. The summed E-state index contributed by atoms with van der Waals surface area (Å²) in [6, 6.07) is 7.81. The van der Waals surface area contributed by atoms with Gasteiger partial charge in [0.15, 0.2) is 0 Å². The Morgan fingerprint density at radius 3 is 2.70 bits per heavy atom. The number of carbonyl (C=O) groups is 1. The molecule has 106 valence electrons. The van der Waals surface area contributed by atoms with Crippen LogP contribution in [-0.4, -0.2) is 31.2 Å². The lowest BCUT2D eigenvalue weighted by Crippen LogP contribution is -2.16. The average Bonchev–Trinajstić information content (AvgIpc) is 2.87. The van der Waals surface area contributed by atoms with Crippen molar-refractivity contribution in [2.24, 2.45) is 0 Å². The first-order valence-electron chi connectivity index (χ1n) is 5.83. The van der Waals surface area contributed by atoms with Crippen molar-refractivity contribution in [2.45, 2.75) is 11.8 Å².